The average molecular weight is 518 g/mol. The standard InChI is InChI=1S/C29H43NO5S/c1-8-10-23-27(33)19(3)12-9-11-18(2)13-14-24(20(4)15-22-17-36-21(5)30-22)35-26(32)16-25(31)29(6,7)28(23)34/h8,13,15,17,19,23-25,27,31,33H,1,9-12,14,16H2,2-7H3/b18-13-,20-15+/t19-,23+,24-,25+,27-/m0/s1. The molecule has 36 heavy (non-hydrogen) atoms. The number of esters is 1. The van der Waals surface area contributed by atoms with E-state index in [1.807, 2.05) is 32.2 Å². The number of aliphatic hydroxyl groups excluding tert-OH is 2. The third-order valence-electron chi connectivity index (χ3n) is 7.29. The van der Waals surface area contributed by atoms with E-state index in [0.29, 0.717) is 12.8 Å². The van der Waals surface area contributed by atoms with Crippen LogP contribution in [-0.2, 0) is 14.3 Å². The summed E-state index contributed by atoms with van der Waals surface area (Å²) in [5, 5.41) is 24.9. The lowest BCUT2D eigenvalue weighted by atomic mass is 9.71. The van der Waals surface area contributed by atoms with Gasteiger partial charge in [-0.1, -0.05) is 38.5 Å². The topological polar surface area (TPSA) is 96.7 Å². The highest BCUT2D eigenvalue weighted by Crippen LogP contribution is 2.34. The molecule has 1 aromatic heterocycles. The van der Waals surface area contributed by atoms with Gasteiger partial charge in [0.1, 0.15) is 11.9 Å². The Hall–Kier alpha value is -2.09. The number of carbonyl (C=O) groups is 2. The fourth-order valence-electron chi connectivity index (χ4n) is 4.62. The van der Waals surface area contributed by atoms with E-state index < -0.39 is 35.6 Å². The molecule has 200 valence electrons. The lowest BCUT2D eigenvalue weighted by molar-refractivity contribution is -0.154. The smallest absolute Gasteiger partial charge is 0.309 e. The van der Waals surface area contributed by atoms with Crippen molar-refractivity contribution in [1.29, 1.82) is 0 Å². The van der Waals surface area contributed by atoms with Crippen molar-refractivity contribution >= 4 is 29.2 Å². The fraction of sp³-hybridized carbons (Fsp3) is 0.621. The van der Waals surface area contributed by atoms with Crippen LogP contribution in [0.15, 0.2) is 35.3 Å². The molecule has 0 saturated heterocycles. The van der Waals surface area contributed by atoms with Crippen LogP contribution >= 0.6 is 11.3 Å². The van der Waals surface area contributed by atoms with Crippen molar-refractivity contribution < 1.29 is 24.5 Å². The number of ketones is 1. The van der Waals surface area contributed by atoms with E-state index >= 15 is 0 Å². The molecule has 2 rings (SSSR count). The minimum Gasteiger partial charge on any atom is -0.457 e. The first-order chi connectivity index (χ1) is 16.9. The summed E-state index contributed by atoms with van der Waals surface area (Å²) in [5.41, 5.74) is 1.64. The number of cyclic esters (lactones) is 1. The molecule has 0 bridgehead atoms. The van der Waals surface area contributed by atoms with Crippen molar-refractivity contribution in [3.05, 3.63) is 46.0 Å². The van der Waals surface area contributed by atoms with Crippen molar-refractivity contribution in [2.24, 2.45) is 17.3 Å². The number of aryl methyl sites for hydroxylation is 1. The molecule has 1 aliphatic heterocycles. The van der Waals surface area contributed by atoms with E-state index in [0.717, 1.165) is 35.5 Å². The number of ether oxygens (including phenoxy) is 1. The van der Waals surface area contributed by atoms with Crippen LogP contribution in [0.5, 0.6) is 0 Å². The number of nitrogens with zero attached hydrogens (tertiary/aromatic N) is 1. The number of aliphatic hydroxyl groups is 2. The Labute approximate surface area is 220 Å². The highest BCUT2D eigenvalue weighted by molar-refractivity contribution is 7.09. The summed E-state index contributed by atoms with van der Waals surface area (Å²) in [6.45, 7) is 14.9. The highest BCUT2D eigenvalue weighted by Gasteiger charge is 2.43. The largest absolute Gasteiger partial charge is 0.457 e. The lowest BCUT2D eigenvalue weighted by Gasteiger charge is -2.35. The minimum atomic E-state index is -1.25. The summed E-state index contributed by atoms with van der Waals surface area (Å²) in [7, 11) is 0. The predicted octanol–water partition coefficient (Wildman–Crippen LogP) is 5.82. The van der Waals surface area contributed by atoms with Crippen LogP contribution in [-0.4, -0.2) is 45.3 Å². The predicted molar refractivity (Wildman–Crippen MR) is 145 cm³/mol. The molecule has 0 radical (unpaired) electrons. The zero-order valence-electron chi connectivity index (χ0n) is 22.6. The quantitative estimate of drug-likeness (QED) is 0.386. The number of hydrogen-bond acceptors (Lipinski definition) is 7. The van der Waals surface area contributed by atoms with Crippen LogP contribution in [0.4, 0.5) is 0 Å². The van der Waals surface area contributed by atoms with E-state index in [9.17, 15) is 19.8 Å². The SMILES string of the molecule is C=CC[C@H]1C(=O)C(C)(C)[C@H](O)CC(=O)O[C@H](/C(C)=C/c2csc(C)n2)C/C=C(/C)CCC[C@H](C)[C@@H]1O. The first-order valence-electron chi connectivity index (χ1n) is 12.8. The third-order valence-corrected chi connectivity index (χ3v) is 8.08. The fourth-order valence-corrected chi connectivity index (χ4v) is 5.19. The van der Waals surface area contributed by atoms with Gasteiger partial charge in [-0.25, -0.2) is 4.98 Å². The van der Waals surface area contributed by atoms with Crippen molar-refractivity contribution in [2.75, 3.05) is 0 Å². The molecule has 0 unspecified atom stereocenters. The molecule has 7 heteroatoms. The number of aromatic nitrogens is 1. The summed E-state index contributed by atoms with van der Waals surface area (Å²) in [5.74, 6) is -1.61. The zero-order valence-corrected chi connectivity index (χ0v) is 23.4. The molecule has 2 N–H and O–H groups in total. The molecule has 2 heterocycles. The molecule has 1 aliphatic rings. The molecule has 5 atom stereocenters. The van der Waals surface area contributed by atoms with Gasteiger partial charge >= 0.3 is 5.97 Å². The number of Topliss-reactive ketones (excluding diaryl/α,β-unsaturated/α-hetero) is 1. The van der Waals surface area contributed by atoms with Crippen LogP contribution in [0, 0.1) is 24.2 Å². The van der Waals surface area contributed by atoms with E-state index in [4.69, 9.17) is 4.74 Å². The summed E-state index contributed by atoms with van der Waals surface area (Å²) in [6.07, 6.45) is 6.08. The van der Waals surface area contributed by atoms with Gasteiger partial charge in [0.15, 0.2) is 0 Å². The van der Waals surface area contributed by atoms with Crippen molar-refractivity contribution in [3.63, 3.8) is 0 Å². The number of allylic oxidation sites excluding steroid dienone is 2. The normalized spacial score (nSPS) is 30.8. The third kappa shape index (κ3) is 8.22. The van der Waals surface area contributed by atoms with Gasteiger partial charge in [0.2, 0.25) is 0 Å². The molecular formula is C29H43NO5S. The Morgan fingerprint density at radius 2 is 2.00 bits per heavy atom. The molecule has 0 saturated carbocycles. The maximum atomic E-state index is 13.5. The number of thiazole rings is 1. The Balaban J connectivity index is 2.37. The Morgan fingerprint density at radius 3 is 2.61 bits per heavy atom. The van der Waals surface area contributed by atoms with E-state index in [2.05, 4.69) is 24.6 Å². The van der Waals surface area contributed by atoms with Gasteiger partial charge in [-0.15, -0.1) is 17.9 Å². The number of carbonyl (C=O) groups excluding carboxylic acids is 2. The minimum absolute atomic E-state index is 0.0861. The number of hydrogen-bond donors (Lipinski definition) is 2. The molecule has 0 fully saturated rings. The van der Waals surface area contributed by atoms with Gasteiger partial charge in [0.25, 0.3) is 0 Å². The molecule has 1 aromatic rings. The Kier molecular flexibility index (Phi) is 11.3. The van der Waals surface area contributed by atoms with Crippen LogP contribution in [0.2, 0.25) is 0 Å². The first-order valence-corrected chi connectivity index (χ1v) is 13.7. The summed E-state index contributed by atoms with van der Waals surface area (Å²) >= 11 is 1.56. The summed E-state index contributed by atoms with van der Waals surface area (Å²) in [6, 6.07) is 0. The van der Waals surface area contributed by atoms with Crippen molar-refractivity contribution in [3.8, 4) is 0 Å². The van der Waals surface area contributed by atoms with Crippen LogP contribution < -0.4 is 0 Å². The van der Waals surface area contributed by atoms with Gasteiger partial charge in [0, 0.05) is 17.7 Å². The van der Waals surface area contributed by atoms with E-state index in [1.54, 1.807) is 31.3 Å². The second-order valence-electron chi connectivity index (χ2n) is 10.7. The highest BCUT2D eigenvalue weighted by atomic mass is 32.1. The second-order valence-corrected chi connectivity index (χ2v) is 11.8. The molecule has 0 spiro atoms. The molecule has 6 nitrogen and oxygen atoms in total. The van der Waals surface area contributed by atoms with Crippen LogP contribution in [0.25, 0.3) is 6.08 Å². The molecule has 0 amide bonds. The van der Waals surface area contributed by atoms with Gasteiger partial charge in [-0.05, 0) is 64.0 Å². The van der Waals surface area contributed by atoms with Gasteiger partial charge in [0.05, 0.1) is 34.7 Å². The Bertz CT molecular complexity index is 976. The van der Waals surface area contributed by atoms with Crippen LogP contribution in [0.3, 0.4) is 0 Å². The van der Waals surface area contributed by atoms with Crippen LogP contribution in [0.1, 0.15) is 83.8 Å². The van der Waals surface area contributed by atoms with E-state index in [1.165, 1.54) is 5.57 Å². The zero-order chi connectivity index (χ0) is 27.0. The number of rotatable bonds is 4. The van der Waals surface area contributed by atoms with E-state index in [-0.39, 0.29) is 18.1 Å². The molecular weight excluding hydrogens is 474 g/mol. The molecule has 0 aromatic carbocycles. The first kappa shape index (κ1) is 30.1. The molecule has 0 aliphatic carbocycles. The summed E-state index contributed by atoms with van der Waals surface area (Å²) in [4.78, 5) is 30.9. The van der Waals surface area contributed by atoms with Gasteiger partial charge in [-0.2, -0.15) is 0 Å². The maximum Gasteiger partial charge on any atom is 0.309 e. The average Bonchev–Trinajstić information content (AvgIpc) is 3.22. The van der Waals surface area contributed by atoms with Gasteiger partial charge in [-0.3, -0.25) is 9.59 Å². The Morgan fingerprint density at radius 1 is 1.31 bits per heavy atom. The van der Waals surface area contributed by atoms with Crippen molar-refractivity contribution in [2.45, 2.75) is 98.4 Å². The maximum absolute atomic E-state index is 13.5. The monoisotopic (exact) mass is 517 g/mol. The van der Waals surface area contributed by atoms with Gasteiger partial charge < -0.3 is 14.9 Å². The van der Waals surface area contributed by atoms with Crippen molar-refractivity contribution in [1.82, 2.24) is 4.98 Å². The second kappa shape index (κ2) is 13.5. The summed E-state index contributed by atoms with van der Waals surface area (Å²) < 4.78 is 5.84. The lowest BCUT2D eigenvalue weighted by Crippen LogP contribution is -2.46.